The summed E-state index contributed by atoms with van der Waals surface area (Å²) in [5.41, 5.74) is -6.71. The quantitative estimate of drug-likeness (QED) is 0.233. The van der Waals surface area contributed by atoms with Crippen molar-refractivity contribution in [3.63, 3.8) is 0 Å². The number of rotatable bonds is 6. The highest BCUT2D eigenvalue weighted by Gasteiger charge is 2.81. The lowest BCUT2D eigenvalue weighted by atomic mass is 9.40. The molecule has 5 fully saturated rings. The number of methoxy groups -OCH3 is 1. The van der Waals surface area contributed by atoms with Gasteiger partial charge in [0.1, 0.15) is 23.4 Å². The molecule has 1 aliphatic heterocycles. The third-order valence-corrected chi connectivity index (χ3v) is 13.4. The van der Waals surface area contributed by atoms with E-state index in [1.54, 1.807) is 38.3 Å². The zero-order valence-corrected chi connectivity index (χ0v) is 27.2. The van der Waals surface area contributed by atoms with Gasteiger partial charge in [0, 0.05) is 13.5 Å². The summed E-state index contributed by atoms with van der Waals surface area (Å²) in [6.07, 6.45) is -0.231. The Kier molecular flexibility index (Phi) is 8.51. The molecule has 14 atom stereocenters. The highest BCUT2D eigenvalue weighted by atomic mass is 16.7. The Morgan fingerprint density at radius 2 is 1.71 bits per heavy atom. The summed E-state index contributed by atoms with van der Waals surface area (Å²) in [6, 6.07) is 8.64. The molecule has 1 heterocycles. The van der Waals surface area contributed by atoms with Crippen molar-refractivity contribution < 1.29 is 49.3 Å². The fourth-order valence-corrected chi connectivity index (χ4v) is 10.5. The fraction of sp³-hybridized carbons (Fsp3) is 0.800. The highest BCUT2D eigenvalue weighted by Crippen LogP contribution is 2.72. The summed E-state index contributed by atoms with van der Waals surface area (Å²) < 4.78 is 24.2. The smallest absolute Gasteiger partial charge is 0.338 e. The van der Waals surface area contributed by atoms with Crippen LogP contribution in [0.3, 0.4) is 0 Å². The molecule has 4 aliphatic carbocycles. The lowest BCUT2D eigenvalue weighted by Crippen LogP contribution is -2.79. The number of aliphatic hydroxyl groups is 5. The van der Waals surface area contributed by atoms with Crippen LogP contribution in [0.2, 0.25) is 0 Å². The minimum Gasteiger partial charge on any atom is -0.458 e. The van der Waals surface area contributed by atoms with Crippen molar-refractivity contribution in [2.45, 2.75) is 145 Å². The Morgan fingerprint density at radius 1 is 1.00 bits per heavy atom. The molecule has 10 nitrogen and oxygen atoms in total. The number of hydrogen-bond donors (Lipinski definition) is 5. The SMILES string of the molecule is CO[C@H]1C[C@H](O[C@H]2CC[C@@]3(C)[C@@H](CC[C@]4(O)[C@@H]3C[C@@H](OC(=O)c3ccccc3)[C@@]3(C)[C@]4(O)CC[C@@]3(O)[C@@H](C)O)C2)O[C@H](C)[C@H]1O. The first-order chi connectivity index (χ1) is 21.1. The second-order valence-corrected chi connectivity index (χ2v) is 15.2. The average molecular weight is 633 g/mol. The maximum Gasteiger partial charge on any atom is 0.338 e. The summed E-state index contributed by atoms with van der Waals surface area (Å²) in [7, 11) is 1.58. The predicted molar refractivity (Wildman–Crippen MR) is 163 cm³/mol. The molecule has 0 radical (unpaired) electrons. The molecule has 1 saturated heterocycles. The fourth-order valence-electron chi connectivity index (χ4n) is 10.5. The largest absolute Gasteiger partial charge is 0.458 e. The van der Waals surface area contributed by atoms with Gasteiger partial charge in [-0.05, 0) is 94.6 Å². The van der Waals surface area contributed by atoms with Crippen molar-refractivity contribution in [3.05, 3.63) is 35.9 Å². The number of aliphatic hydroxyl groups excluding tert-OH is 2. The van der Waals surface area contributed by atoms with E-state index in [4.69, 9.17) is 18.9 Å². The minimum atomic E-state index is -1.81. The van der Waals surface area contributed by atoms with Gasteiger partial charge in [0.25, 0.3) is 0 Å². The van der Waals surface area contributed by atoms with Gasteiger partial charge in [-0.15, -0.1) is 0 Å². The third-order valence-electron chi connectivity index (χ3n) is 13.4. The molecule has 5 N–H and O–H groups in total. The Labute approximate surface area is 266 Å². The van der Waals surface area contributed by atoms with E-state index in [9.17, 15) is 30.3 Å². The van der Waals surface area contributed by atoms with Gasteiger partial charge >= 0.3 is 5.97 Å². The number of fused-ring (bicyclic) bond motifs is 5. The molecule has 0 spiro atoms. The Morgan fingerprint density at radius 3 is 2.38 bits per heavy atom. The van der Waals surface area contributed by atoms with Crippen molar-refractivity contribution >= 4 is 5.97 Å². The molecule has 0 amide bonds. The number of esters is 1. The zero-order valence-electron chi connectivity index (χ0n) is 27.2. The van der Waals surface area contributed by atoms with E-state index in [2.05, 4.69) is 6.92 Å². The van der Waals surface area contributed by atoms with Crippen LogP contribution in [0.1, 0.15) is 95.8 Å². The predicted octanol–water partition coefficient (Wildman–Crippen LogP) is 3.10. The molecule has 5 aliphatic rings. The van der Waals surface area contributed by atoms with Gasteiger partial charge in [-0.1, -0.05) is 32.0 Å². The van der Waals surface area contributed by atoms with Crippen molar-refractivity contribution in [2.24, 2.45) is 22.7 Å². The van der Waals surface area contributed by atoms with Gasteiger partial charge in [0.15, 0.2) is 6.29 Å². The van der Waals surface area contributed by atoms with Crippen molar-refractivity contribution in [1.82, 2.24) is 0 Å². The third kappa shape index (κ3) is 4.77. The Hall–Kier alpha value is -1.63. The molecule has 0 bridgehead atoms. The summed E-state index contributed by atoms with van der Waals surface area (Å²) in [5.74, 6) is -0.821. The topological polar surface area (TPSA) is 155 Å². The Balaban J connectivity index is 1.29. The monoisotopic (exact) mass is 632 g/mol. The van der Waals surface area contributed by atoms with Crippen LogP contribution in [0.15, 0.2) is 30.3 Å². The van der Waals surface area contributed by atoms with E-state index < -0.39 is 70.2 Å². The van der Waals surface area contributed by atoms with Crippen LogP contribution in [-0.4, -0.2) is 98.3 Å². The summed E-state index contributed by atoms with van der Waals surface area (Å²) in [4.78, 5) is 13.5. The molecule has 4 saturated carbocycles. The number of benzene rings is 1. The van der Waals surface area contributed by atoms with Gasteiger partial charge in [0.2, 0.25) is 0 Å². The first-order valence-electron chi connectivity index (χ1n) is 16.8. The molecule has 1 aromatic rings. The highest BCUT2D eigenvalue weighted by molar-refractivity contribution is 5.89. The van der Waals surface area contributed by atoms with Crippen molar-refractivity contribution in [2.75, 3.05) is 7.11 Å². The maximum absolute atomic E-state index is 13.5. The number of hydrogen-bond acceptors (Lipinski definition) is 10. The van der Waals surface area contributed by atoms with E-state index in [0.717, 1.165) is 19.3 Å². The molecular weight excluding hydrogens is 580 g/mol. The molecule has 252 valence electrons. The van der Waals surface area contributed by atoms with Crippen molar-refractivity contribution in [1.29, 1.82) is 0 Å². The number of carbonyl (C=O) groups excluding carboxylic acids is 1. The first kappa shape index (κ1) is 33.3. The van der Waals surface area contributed by atoms with Crippen LogP contribution in [0.4, 0.5) is 0 Å². The van der Waals surface area contributed by atoms with Crippen LogP contribution in [0.25, 0.3) is 0 Å². The zero-order chi connectivity index (χ0) is 32.6. The standard InChI is InChI=1S/C35H52O10/c1-20-29(37)25(42-5)18-28(43-20)44-24-12-13-31(3)23(17-24)11-14-34(40)26(31)19-27(45-30(38)22-9-7-6-8-10-22)32(4)33(39,21(2)36)15-16-35(32,34)41/h6-10,20-21,23-29,36-37,39-41H,11-19H2,1-5H3/t20-,21-,23+,24+,25+,26-,27-,28+,29-,31+,32-,33-,34+,35-/m1/s1. The van der Waals surface area contributed by atoms with Gasteiger partial charge in [-0.3, -0.25) is 0 Å². The van der Waals surface area contributed by atoms with E-state index in [-0.39, 0.29) is 37.4 Å². The number of ether oxygens (including phenoxy) is 4. The molecular formula is C35H52O10. The molecule has 10 heteroatoms. The van der Waals surface area contributed by atoms with E-state index >= 15 is 0 Å². The lowest BCUT2D eigenvalue weighted by Gasteiger charge is -2.69. The summed E-state index contributed by atoms with van der Waals surface area (Å²) >= 11 is 0. The van der Waals surface area contributed by atoms with Crippen molar-refractivity contribution in [3.8, 4) is 0 Å². The van der Waals surface area contributed by atoms with Crippen LogP contribution < -0.4 is 0 Å². The van der Waals surface area contributed by atoms with Gasteiger partial charge in [-0.2, -0.15) is 0 Å². The average Bonchev–Trinajstić information content (AvgIpc) is 3.25. The Bertz CT molecular complexity index is 1240. The molecule has 0 unspecified atom stereocenters. The van der Waals surface area contributed by atoms with Crippen LogP contribution in [0.5, 0.6) is 0 Å². The molecule has 1 aromatic carbocycles. The van der Waals surface area contributed by atoms with E-state index in [1.807, 2.05) is 13.0 Å². The van der Waals surface area contributed by atoms with Crippen LogP contribution in [-0.2, 0) is 18.9 Å². The van der Waals surface area contributed by atoms with Crippen LogP contribution >= 0.6 is 0 Å². The van der Waals surface area contributed by atoms with E-state index in [0.29, 0.717) is 24.8 Å². The van der Waals surface area contributed by atoms with Gasteiger partial charge < -0.3 is 44.5 Å². The van der Waals surface area contributed by atoms with Gasteiger partial charge in [0.05, 0.1) is 41.0 Å². The first-order valence-corrected chi connectivity index (χ1v) is 16.8. The summed E-state index contributed by atoms with van der Waals surface area (Å²) in [5, 5.41) is 58.8. The maximum atomic E-state index is 13.5. The molecule has 45 heavy (non-hydrogen) atoms. The normalized spacial score (nSPS) is 50.2. The number of carbonyl (C=O) groups is 1. The summed E-state index contributed by atoms with van der Waals surface area (Å²) in [6.45, 7) is 7.17. The second-order valence-electron chi connectivity index (χ2n) is 15.2. The van der Waals surface area contributed by atoms with E-state index in [1.165, 1.54) is 6.92 Å². The minimum absolute atomic E-state index is 0.0686. The molecule has 0 aromatic heterocycles. The second kappa shape index (κ2) is 11.5. The lowest BCUT2D eigenvalue weighted by molar-refractivity contribution is -0.342. The molecule has 6 rings (SSSR count). The van der Waals surface area contributed by atoms with Crippen LogP contribution in [0, 0.1) is 22.7 Å². The van der Waals surface area contributed by atoms with Gasteiger partial charge in [-0.25, -0.2) is 4.79 Å².